The topological polar surface area (TPSA) is 45.5 Å². The summed E-state index contributed by atoms with van der Waals surface area (Å²) in [5, 5.41) is 9.01. The SMILES string of the molecule is Cn1ccc(CCN2CCCC(C(=O)O)C2)c1. The standard InChI is InChI=1S/C13H20N2O2/c1-14-7-4-11(9-14)5-8-15-6-2-3-12(10-15)13(16)17/h4,7,9,12H,2-3,5-6,8,10H2,1H3,(H,16,17). The maximum Gasteiger partial charge on any atom is 0.307 e. The summed E-state index contributed by atoms with van der Waals surface area (Å²) in [4.78, 5) is 13.2. The van der Waals surface area contributed by atoms with Gasteiger partial charge in [-0.1, -0.05) is 0 Å². The molecule has 1 fully saturated rings. The molecule has 0 aromatic carbocycles. The second-order valence-electron chi connectivity index (χ2n) is 4.91. The van der Waals surface area contributed by atoms with E-state index >= 15 is 0 Å². The number of hydrogen-bond donors (Lipinski definition) is 1. The van der Waals surface area contributed by atoms with Gasteiger partial charge in [-0.05, 0) is 37.4 Å². The van der Waals surface area contributed by atoms with E-state index in [-0.39, 0.29) is 5.92 Å². The Labute approximate surface area is 102 Å². The van der Waals surface area contributed by atoms with E-state index in [1.54, 1.807) is 0 Å². The average Bonchev–Trinajstić information content (AvgIpc) is 2.73. The third-order valence-corrected chi connectivity index (χ3v) is 3.46. The van der Waals surface area contributed by atoms with Crippen LogP contribution in [0.4, 0.5) is 0 Å². The summed E-state index contributed by atoms with van der Waals surface area (Å²) in [6, 6.07) is 2.12. The maximum atomic E-state index is 10.9. The van der Waals surface area contributed by atoms with Gasteiger partial charge in [0.25, 0.3) is 0 Å². The molecule has 1 saturated heterocycles. The number of aliphatic carboxylic acids is 1. The van der Waals surface area contributed by atoms with Crippen LogP contribution in [0.15, 0.2) is 18.5 Å². The molecule has 0 spiro atoms. The maximum absolute atomic E-state index is 10.9. The number of carbonyl (C=O) groups is 1. The van der Waals surface area contributed by atoms with E-state index in [4.69, 9.17) is 5.11 Å². The van der Waals surface area contributed by atoms with Gasteiger partial charge in [-0.15, -0.1) is 0 Å². The van der Waals surface area contributed by atoms with Crippen LogP contribution >= 0.6 is 0 Å². The Bertz CT molecular complexity index is 387. The van der Waals surface area contributed by atoms with Gasteiger partial charge in [-0.2, -0.15) is 0 Å². The Balaban J connectivity index is 1.81. The first kappa shape index (κ1) is 12.2. The number of likely N-dealkylation sites (tertiary alicyclic amines) is 1. The van der Waals surface area contributed by atoms with Crippen LogP contribution in [0.2, 0.25) is 0 Å². The van der Waals surface area contributed by atoms with Crippen molar-refractivity contribution in [3.8, 4) is 0 Å². The summed E-state index contributed by atoms with van der Waals surface area (Å²) in [6.07, 6.45) is 7.01. The highest BCUT2D eigenvalue weighted by molar-refractivity contribution is 5.70. The number of piperidine rings is 1. The zero-order valence-electron chi connectivity index (χ0n) is 10.3. The molecule has 2 heterocycles. The number of rotatable bonds is 4. The lowest BCUT2D eigenvalue weighted by atomic mass is 9.98. The average molecular weight is 236 g/mol. The molecule has 0 bridgehead atoms. The fourth-order valence-corrected chi connectivity index (χ4v) is 2.46. The number of aromatic nitrogens is 1. The predicted octanol–water partition coefficient (Wildman–Crippen LogP) is 1.36. The van der Waals surface area contributed by atoms with Gasteiger partial charge in [-0.3, -0.25) is 4.79 Å². The van der Waals surface area contributed by atoms with Gasteiger partial charge in [0, 0.05) is 32.5 Å². The molecule has 1 aliphatic rings. The molecule has 1 aromatic rings. The molecule has 94 valence electrons. The molecule has 1 atom stereocenters. The number of aryl methyl sites for hydroxylation is 1. The first-order valence-corrected chi connectivity index (χ1v) is 6.21. The van der Waals surface area contributed by atoms with E-state index in [0.717, 1.165) is 32.4 Å². The molecule has 4 nitrogen and oxygen atoms in total. The lowest BCUT2D eigenvalue weighted by molar-refractivity contribution is -0.143. The van der Waals surface area contributed by atoms with Gasteiger partial charge in [0.1, 0.15) is 0 Å². The number of hydrogen-bond acceptors (Lipinski definition) is 2. The Morgan fingerprint density at radius 2 is 2.41 bits per heavy atom. The molecule has 1 N–H and O–H groups in total. The van der Waals surface area contributed by atoms with E-state index in [1.165, 1.54) is 5.56 Å². The summed E-state index contributed by atoms with van der Waals surface area (Å²) < 4.78 is 2.05. The van der Waals surface area contributed by atoms with Crippen LogP contribution in [0.3, 0.4) is 0 Å². The summed E-state index contributed by atoms with van der Waals surface area (Å²) >= 11 is 0. The summed E-state index contributed by atoms with van der Waals surface area (Å²) in [5.74, 6) is -0.811. The molecule has 17 heavy (non-hydrogen) atoms. The largest absolute Gasteiger partial charge is 0.481 e. The van der Waals surface area contributed by atoms with Crippen molar-refractivity contribution >= 4 is 5.97 Å². The molecule has 0 amide bonds. The minimum atomic E-state index is -0.644. The number of nitrogens with zero attached hydrogens (tertiary/aromatic N) is 2. The van der Waals surface area contributed by atoms with Crippen molar-refractivity contribution in [2.24, 2.45) is 13.0 Å². The van der Waals surface area contributed by atoms with E-state index < -0.39 is 5.97 Å². The highest BCUT2D eigenvalue weighted by Crippen LogP contribution is 2.17. The van der Waals surface area contributed by atoms with Gasteiger partial charge in [0.2, 0.25) is 0 Å². The number of carboxylic acids is 1. The molecule has 4 heteroatoms. The van der Waals surface area contributed by atoms with Crippen molar-refractivity contribution in [3.05, 3.63) is 24.0 Å². The van der Waals surface area contributed by atoms with E-state index in [9.17, 15) is 4.79 Å². The zero-order chi connectivity index (χ0) is 12.3. The van der Waals surface area contributed by atoms with Gasteiger partial charge in [-0.25, -0.2) is 0 Å². The molecule has 2 rings (SSSR count). The Morgan fingerprint density at radius 3 is 3.06 bits per heavy atom. The smallest absolute Gasteiger partial charge is 0.307 e. The summed E-state index contributed by atoms with van der Waals surface area (Å²) in [5.41, 5.74) is 1.32. The van der Waals surface area contributed by atoms with Crippen molar-refractivity contribution < 1.29 is 9.90 Å². The molecular weight excluding hydrogens is 216 g/mol. The molecule has 0 radical (unpaired) electrons. The van der Waals surface area contributed by atoms with Crippen LogP contribution < -0.4 is 0 Å². The molecule has 0 aliphatic carbocycles. The lowest BCUT2D eigenvalue weighted by Crippen LogP contribution is -2.39. The molecule has 1 unspecified atom stereocenters. The third kappa shape index (κ3) is 3.33. The lowest BCUT2D eigenvalue weighted by Gasteiger charge is -2.30. The second-order valence-corrected chi connectivity index (χ2v) is 4.91. The van der Waals surface area contributed by atoms with E-state index in [1.807, 2.05) is 17.8 Å². The van der Waals surface area contributed by atoms with Crippen molar-refractivity contribution in [1.82, 2.24) is 9.47 Å². The van der Waals surface area contributed by atoms with Crippen molar-refractivity contribution in [2.45, 2.75) is 19.3 Å². The summed E-state index contributed by atoms with van der Waals surface area (Å²) in [6.45, 7) is 2.71. The molecule has 1 aromatic heterocycles. The monoisotopic (exact) mass is 236 g/mol. The van der Waals surface area contributed by atoms with Crippen LogP contribution in [0, 0.1) is 5.92 Å². The van der Waals surface area contributed by atoms with Crippen LogP contribution in [0.1, 0.15) is 18.4 Å². The second kappa shape index (κ2) is 5.36. The molecule has 1 aliphatic heterocycles. The first-order valence-electron chi connectivity index (χ1n) is 6.21. The quantitative estimate of drug-likeness (QED) is 0.858. The van der Waals surface area contributed by atoms with Gasteiger partial charge in [0.05, 0.1) is 5.92 Å². The zero-order valence-corrected chi connectivity index (χ0v) is 10.3. The third-order valence-electron chi connectivity index (χ3n) is 3.46. The Hall–Kier alpha value is -1.29. The van der Waals surface area contributed by atoms with E-state index in [0.29, 0.717) is 6.54 Å². The van der Waals surface area contributed by atoms with Crippen molar-refractivity contribution in [3.63, 3.8) is 0 Å². The van der Waals surface area contributed by atoms with Crippen LogP contribution in [0.25, 0.3) is 0 Å². The minimum Gasteiger partial charge on any atom is -0.481 e. The fraction of sp³-hybridized carbons (Fsp3) is 0.615. The van der Waals surface area contributed by atoms with Gasteiger partial charge < -0.3 is 14.6 Å². The highest BCUT2D eigenvalue weighted by atomic mass is 16.4. The Kier molecular flexibility index (Phi) is 3.84. The Morgan fingerprint density at radius 1 is 1.59 bits per heavy atom. The van der Waals surface area contributed by atoms with Crippen molar-refractivity contribution in [2.75, 3.05) is 19.6 Å². The van der Waals surface area contributed by atoms with Gasteiger partial charge >= 0.3 is 5.97 Å². The number of carboxylic acid groups (broad SMARTS) is 1. The highest BCUT2D eigenvalue weighted by Gasteiger charge is 2.24. The normalized spacial score (nSPS) is 21.6. The summed E-state index contributed by atoms with van der Waals surface area (Å²) in [7, 11) is 2.02. The van der Waals surface area contributed by atoms with Crippen LogP contribution in [-0.4, -0.2) is 40.2 Å². The molecule has 0 saturated carbocycles. The predicted molar refractivity (Wildman–Crippen MR) is 65.9 cm³/mol. The van der Waals surface area contributed by atoms with Crippen LogP contribution in [-0.2, 0) is 18.3 Å². The first-order chi connectivity index (χ1) is 8.15. The van der Waals surface area contributed by atoms with Crippen molar-refractivity contribution in [1.29, 1.82) is 0 Å². The minimum absolute atomic E-state index is 0.167. The van der Waals surface area contributed by atoms with E-state index in [2.05, 4.69) is 17.2 Å². The fourth-order valence-electron chi connectivity index (χ4n) is 2.46. The van der Waals surface area contributed by atoms with Gasteiger partial charge in [0.15, 0.2) is 0 Å². The molecular formula is C13H20N2O2. The van der Waals surface area contributed by atoms with Crippen LogP contribution in [0.5, 0.6) is 0 Å².